The van der Waals surface area contributed by atoms with E-state index in [1.165, 1.54) is 6.07 Å². The Labute approximate surface area is 116 Å². The minimum atomic E-state index is -5.46. The number of ketones is 1. The third kappa shape index (κ3) is 3.36. The van der Waals surface area contributed by atoms with E-state index in [1.54, 1.807) is 13.8 Å². The van der Waals surface area contributed by atoms with Crippen molar-refractivity contribution in [2.75, 3.05) is 0 Å². The summed E-state index contributed by atoms with van der Waals surface area (Å²) in [6.07, 6.45) is 0. The quantitative estimate of drug-likeness (QED) is 0.776. The SMILES string of the molecule is CC(C)C(=O)c1cc(Br)cc(S(=O)(=O)C(F)(F)F)c1. The molecule has 0 amide bonds. The molecule has 1 rings (SSSR count). The molecule has 19 heavy (non-hydrogen) atoms. The zero-order chi connectivity index (χ0) is 15.0. The van der Waals surface area contributed by atoms with Crippen LogP contribution in [0.3, 0.4) is 0 Å². The summed E-state index contributed by atoms with van der Waals surface area (Å²) in [5.74, 6) is -0.879. The third-order valence-corrected chi connectivity index (χ3v) is 4.22. The molecular weight excluding hydrogens is 349 g/mol. The third-order valence-electron chi connectivity index (χ3n) is 2.30. The molecule has 0 unspecified atom stereocenters. The molecule has 0 aromatic heterocycles. The second-order valence-corrected chi connectivity index (χ2v) is 7.00. The van der Waals surface area contributed by atoms with Crippen molar-refractivity contribution in [2.24, 2.45) is 5.92 Å². The lowest BCUT2D eigenvalue weighted by Crippen LogP contribution is -2.23. The fraction of sp³-hybridized carbons (Fsp3) is 0.364. The van der Waals surface area contributed by atoms with E-state index >= 15 is 0 Å². The van der Waals surface area contributed by atoms with Crippen molar-refractivity contribution in [3.8, 4) is 0 Å². The lowest BCUT2D eigenvalue weighted by molar-refractivity contribution is -0.0436. The van der Waals surface area contributed by atoms with E-state index in [1.807, 2.05) is 0 Å². The van der Waals surface area contributed by atoms with Crippen molar-refractivity contribution >= 4 is 31.6 Å². The van der Waals surface area contributed by atoms with Crippen molar-refractivity contribution in [1.29, 1.82) is 0 Å². The molecule has 106 valence electrons. The molecule has 0 spiro atoms. The molecule has 0 radical (unpaired) electrons. The Kier molecular flexibility index (Phi) is 4.46. The van der Waals surface area contributed by atoms with Crippen LogP contribution < -0.4 is 0 Å². The maximum atomic E-state index is 12.5. The van der Waals surface area contributed by atoms with Crippen molar-refractivity contribution < 1.29 is 26.4 Å². The molecule has 8 heteroatoms. The lowest BCUT2D eigenvalue weighted by Gasteiger charge is -2.11. The number of alkyl halides is 3. The van der Waals surface area contributed by atoms with E-state index in [0.29, 0.717) is 0 Å². The van der Waals surface area contributed by atoms with Crippen LogP contribution >= 0.6 is 15.9 Å². The van der Waals surface area contributed by atoms with Gasteiger partial charge >= 0.3 is 5.51 Å². The first-order valence-corrected chi connectivity index (χ1v) is 7.40. The first-order valence-electron chi connectivity index (χ1n) is 5.13. The molecule has 0 saturated heterocycles. The molecule has 0 saturated carbocycles. The molecule has 1 aromatic carbocycles. The highest BCUT2D eigenvalue weighted by Gasteiger charge is 2.47. The Morgan fingerprint density at radius 1 is 1.21 bits per heavy atom. The van der Waals surface area contributed by atoms with E-state index in [2.05, 4.69) is 15.9 Å². The van der Waals surface area contributed by atoms with Gasteiger partial charge in [0.1, 0.15) is 0 Å². The number of Topliss-reactive ketones (excluding diaryl/α,β-unsaturated/α-hetero) is 1. The zero-order valence-corrected chi connectivity index (χ0v) is 12.4. The standard InChI is InChI=1S/C11H10BrF3O3S/c1-6(2)10(16)7-3-8(12)5-9(4-7)19(17,18)11(13,14)15/h3-6H,1-2H3. The summed E-state index contributed by atoms with van der Waals surface area (Å²) in [5.41, 5.74) is -5.47. The Hall–Kier alpha value is -0.890. The molecule has 0 aliphatic heterocycles. The number of carbonyl (C=O) groups excluding carboxylic acids is 1. The summed E-state index contributed by atoms with van der Waals surface area (Å²) in [6, 6.07) is 2.85. The lowest BCUT2D eigenvalue weighted by atomic mass is 10.0. The largest absolute Gasteiger partial charge is 0.501 e. The number of halogens is 4. The fourth-order valence-corrected chi connectivity index (χ4v) is 2.80. The molecule has 3 nitrogen and oxygen atoms in total. The number of hydrogen-bond acceptors (Lipinski definition) is 3. The fourth-order valence-electron chi connectivity index (χ4n) is 1.33. The van der Waals surface area contributed by atoms with Crippen LogP contribution in [-0.2, 0) is 9.84 Å². The van der Waals surface area contributed by atoms with Gasteiger partial charge in [0.15, 0.2) is 5.78 Å². The Bertz CT molecular complexity index is 606. The molecule has 0 fully saturated rings. The van der Waals surface area contributed by atoms with Crippen molar-refractivity contribution in [3.05, 3.63) is 28.2 Å². The highest BCUT2D eigenvalue weighted by atomic mass is 79.9. The molecule has 1 aromatic rings. The summed E-state index contributed by atoms with van der Waals surface area (Å²) in [6.45, 7) is 3.14. The predicted molar refractivity (Wildman–Crippen MR) is 66.6 cm³/mol. The van der Waals surface area contributed by atoms with Crippen LogP contribution in [0.2, 0.25) is 0 Å². The Morgan fingerprint density at radius 3 is 2.16 bits per heavy atom. The van der Waals surface area contributed by atoms with Crippen LogP contribution in [0.4, 0.5) is 13.2 Å². The van der Waals surface area contributed by atoms with Gasteiger partial charge in [-0.2, -0.15) is 13.2 Å². The predicted octanol–water partition coefficient (Wildman–Crippen LogP) is 3.58. The zero-order valence-electron chi connectivity index (χ0n) is 9.95. The van der Waals surface area contributed by atoms with Gasteiger partial charge in [-0.3, -0.25) is 4.79 Å². The van der Waals surface area contributed by atoms with Crippen LogP contribution in [0.15, 0.2) is 27.6 Å². The van der Waals surface area contributed by atoms with Gasteiger partial charge < -0.3 is 0 Å². The van der Waals surface area contributed by atoms with Gasteiger partial charge in [0.2, 0.25) is 0 Å². The van der Waals surface area contributed by atoms with Crippen LogP contribution in [0.1, 0.15) is 24.2 Å². The summed E-state index contributed by atoms with van der Waals surface area (Å²) in [4.78, 5) is 10.8. The molecule has 0 atom stereocenters. The van der Waals surface area contributed by atoms with Gasteiger partial charge in [0.05, 0.1) is 4.90 Å². The van der Waals surface area contributed by atoms with E-state index < -0.39 is 31.9 Å². The average molecular weight is 359 g/mol. The molecule has 0 heterocycles. The van der Waals surface area contributed by atoms with Crippen LogP contribution in [-0.4, -0.2) is 19.7 Å². The van der Waals surface area contributed by atoms with Crippen molar-refractivity contribution in [1.82, 2.24) is 0 Å². The Balaban J connectivity index is 3.45. The van der Waals surface area contributed by atoms with Crippen LogP contribution in [0.25, 0.3) is 0 Å². The highest BCUT2D eigenvalue weighted by Crippen LogP contribution is 2.32. The maximum Gasteiger partial charge on any atom is 0.501 e. The minimum Gasteiger partial charge on any atom is -0.294 e. The maximum absolute atomic E-state index is 12.5. The second kappa shape index (κ2) is 5.24. The van der Waals surface area contributed by atoms with Gasteiger partial charge in [0, 0.05) is 16.0 Å². The molecule has 0 aliphatic rings. The van der Waals surface area contributed by atoms with Crippen LogP contribution in [0.5, 0.6) is 0 Å². The minimum absolute atomic E-state index is 0.0767. The van der Waals surface area contributed by atoms with Gasteiger partial charge in [-0.15, -0.1) is 0 Å². The molecule has 0 bridgehead atoms. The van der Waals surface area contributed by atoms with Gasteiger partial charge in [0.25, 0.3) is 9.84 Å². The van der Waals surface area contributed by atoms with E-state index in [4.69, 9.17) is 0 Å². The number of carbonyl (C=O) groups is 1. The second-order valence-electron chi connectivity index (χ2n) is 4.14. The summed E-state index contributed by atoms with van der Waals surface area (Å²) in [7, 11) is -5.46. The molecule has 0 N–H and O–H groups in total. The first-order chi connectivity index (χ1) is 8.46. The molecule has 0 aliphatic carbocycles. The Morgan fingerprint density at radius 2 is 1.74 bits per heavy atom. The number of sulfone groups is 1. The summed E-state index contributed by atoms with van der Waals surface area (Å²) >= 11 is 2.91. The highest BCUT2D eigenvalue weighted by molar-refractivity contribution is 9.10. The van der Waals surface area contributed by atoms with E-state index in [0.717, 1.165) is 12.1 Å². The average Bonchev–Trinajstić information content (AvgIpc) is 2.25. The number of hydrogen-bond donors (Lipinski definition) is 0. The van der Waals surface area contributed by atoms with Crippen molar-refractivity contribution in [2.45, 2.75) is 24.3 Å². The van der Waals surface area contributed by atoms with Gasteiger partial charge in [-0.05, 0) is 18.2 Å². The van der Waals surface area contributed by atoms with Gasteiger partial charge in [-0.1, -0.05) is 29.8 Å². The van der Waals surface area contributed by atoms with Crippen molar-refractivity contribution in [3.63, 3.8) is 0 Å². The van der Waals surface area contributed by atoms with E-state index in [9.17, 15) is 26.4 Å². The summed E-state index contributed by atoms with van der Waals surface area (Å²) in [5, 5.41) is 0. The smallest absolute Gasteiger partial charge is 0.294 e. The number of benzene rings is 1. The molecular formula is C11H10BrF3O3S. The topological polar surface area (TPSA) is 51.2 Å². The summed E-state index contributed by atoms with van der Waals surface area (Å²) < 4.78 is 60.0. The number of rotatable bonds is 3. The normalized spacial score (nSPS) is 12.8. The van der Waals surface area contributed by atoms with Crippen LogP contribution in [0, 0.1) is 5.92 Å². The monoisotopic (exact) mass is 358 g/mol. The first kappa shape index (κ1) is 16.2. The van der Waals surface area contributed by atoms with E-state index in [-0.39, 0.29) is 10.0 Å². The van der Waals surface area contributed by atoms with Gasteiger partial charge in [-0.25, -0.2) is 8.42 Å².